The maximum absolute atomic E-state index is 12.1. The molecule has 138 valence electrons. The van der Waals surface area contributed by atoms with Crippen molar-refractivity contribution in [3.63, 3.8) is 0 Å². The summed E-state index contributed by atoms with van der Waals surface area (Å²) in [6, 6.07) is 17.8. The van der Waals surface area contributed by atoms with E-state index in [2.05, 4.69) is 35.3 Å². The predicted octanol–water partition coefficient (Wildman–Crippen LogP) is 3.61. The third kappa shape index (κ3) is 5.60. The molecular formula is C22H28N2O2. The van der Waals surface area contributed by atoms with E-state index in [1.807, 2.05) is 36.4 Å². The van der Waals surface area contributed by atoms with Crippen LogP contribution in [0.2, 0.25) is 0 Å². The number of hydrogen-bond donors (Lipinski definition) is 1. The zero-order valence-electron chi connectivity index (χ0n) is 15.5. The Hall–Kier alpha value is -2.33. The lowest BCUT2D eigenvalue weighted by Gasteiger charge is -2.31. The van der Waals surface area contributed by atoms with E-state index in [1.165, 1.54) is 24.0 Å². The average molecular weight is 352 g/mol. The first-order valence-corrected chi connectivity index (χ1v) is 9.44. The van der Waals surface area contributed by atoms with Crippen LogP contribution in [0.3, 0.4) is 0 Å². The van der Waals surface area contributed by atoms with Gasteiger partial charge in [0.25, 0.3) is 5.91 Å². The van der Waals surface area contributed by atoms with Crippen molar-refractivity contribution in [1.82, 2.24) is 10.2 Å². The van der Waals surface area contributed by atoms with E-state index in [0.717, 1.165) is 25.6 Å². The summed E-state index contributed by atoms with van der Waals surface area (Å²) in [7, 11) is 0. The highest BCUT2D eigenvalue weighted by molar-refractivity contribution is 5.77. The number of carbonyl (C=O) groups excluding carboxylic acids is 1. The van der Waals surface area contributed by atoms with Gasteiger partial charge in [0, 0.05) is 19.6 Å². The van der Waals surface area contributed by atoms with Crippen LogP contribution in [0.15, 0.2) is 54.6 Å². The first-order chi connectivity index (χ1) is 12.7. The third-order valence-corrected chi connectivity index (χ3v) is 4.84. The molecule has 1 amide bonds. The second-order valence-electron chi connectivity index (χ2n) is 7.13. The summed E-state index contributed by atoms with van der Waals surface area (Å²) in [6.07, 6.45) is 2.60. The molecule has 0 bridgehead atoms. The van der Waals surface area contributed by atoms with Crippen molar-refractivity contribution in [2.45, 2.75) is 32.9 Å². The molecule has 4 nitrogen and oxygen atoms in total. The van der Waals surface area contributed by atoms with Crippen molar-refractivity contribution in [2.24, 2.45) is 5.92 Å². The minimum absolute atomic E-state index is 0.0375. The zero-order chi connectivity index (χ0) is 18.2. The van der Waals surface area contributed by atoms with Crippen molar-refractivity contribution in [3.8, 4) is 5.75 Å². The molecule has 0 spiro atoms. The summed E-state index contributed by atoms with van der Waals surface area (Å²) in [6.45, 7) is 6.18. The molecule has 0 saturated carbocycles. The van der Waals surface area contributed by atoms with Crippen LogP contribution in [0.5, 0.6) is 5.75 Å². The summed E-state index contributed by atoms with van der Waals surface area (Å²) in [4.78, 5) is 14.6. The fourth-order valence-corrected chi connectivity index (χ4v) is 3.47. The van der Waals surface area contributed by atoms with Gasteiger partial charge in [-0.3, -0.25) is 9.69 Å². The van der Waals surface area contributed by atoms with Gasteiger partial charge in [-0.15, -0.1) is 0 Å². The molecule has 3 rings (SSSR count). The molecule has 0 aromatic heterocycles. The molecule has 26 heavy (non-hydrogen) atoms. The van der Waals surface area contributed by atoms with Gasteiger partial charge in [0.05, 0.1) is 0 Å². The maximum atomic E-state index is 12.1. The highest BCUT2D eigenvalue weighted by Crippen LogP contribution is 2.19. The number of benzene rings is 2. The largest absolute Gasteiger partial charge is 0.484 e. The lowest BCUT2D eigenvalue weighted by molar-refractivity contribution is -0.123. The maximum Gasteiger partial charge on any atom is 0.258 e. The van der Waals surface area contributed by atoms with Gasteiger partial charge in [-0.25, -0.2) is 0 Å². The predicted molar refractivity (Wildman–Crippen MR) is 104 cm³/mol. The van der Waals surface area contributed by atoms with Crippen LogP contribution >= 0.6 is 0 Å². The van der Waals surface area contributed by atoms with Crippen LogP contribution in [0.25, 0.3) is 0 Å². The first kappa shape index (κ1) is 18.5. The molecule has 2 aromatic rings. The summed E-state index contributed by atoms with van der Waals surface area (Å²) in [5.74, 6) is 1.38. The highest BCUT2D eigenvalue weighted by Gasteiger charge is 2.17. The molecular weight excluding hydrogens is 324 g/mol. The Kier molecular flexibility index (Phi) is 6.67. The second kappa shape index (κ2) is 9.39. The zero-order valence-corrected chi connectivity index (χ0v) is 15.5. The minimum Gasteiger partial charge on any atom is -0.484 e. The Morgan fingerprint density at radius 2 is 1.85 bits per heavy atom. The number of likely N-dealkylation sites (tertiary alicyclic amines) is 1. The van der Waals surface area contributed by atoms with Crippen LogP contribution in [0, 0.1) is 5.92 Å². The normalized spacial score (nSPS) is 17.7. The van der Waals surface area contributed by atoms with Crippen LogP contribution in [-0.2, 0) is 17.9 Å². The molecule has 1 N–H and O–H groups in total. The van der Waals surface area contributed by atoms with Crippen LogP contribution in [0.1, 0.15) is 30.9 Å². The fraction of sp³-hybridized carbons (Fsp3) is 0.409. The molecule has 1 atom stereocenters. The van der Waals surface area contributed by atoms with E-state index in [4.69, 9.17) is 4.74 Å². The van der Waals surface area contributed by atoms with Gasteiger partial charge in [0.15, 0.2) is 6.61 Å². The van der Waals surface area contributed by atoms with Gasteiger partial charge >= 0.3 is 0 Å². The van der Waals surface area contributed by atoms with E-state index in [1.54, 1.807) is 0 Å². The van der Waals surface area contributed by atoms with E-state index >= 15 is 0 Å². The molecule has 1 aliphatic rings. The van der Waals surface area contributed by atoms with Gasteiger partial charge in [0.2, 0.25) is 0 Å². The van der Waals surface area contributed by atoms with Crippen LogP contribution in [0.4, 0.5) is 0 Å². The summed E-state index contributed by atoms with van der Waals surface area (Å²) < 4.78 is 5.50. The molecule has 2 aromatic carbocycles. The van der Waals surface area contributed by atoms with Gasteiger partial charge in [-0.2, -0.15) is 0 Å². The number of amides is 1. The van der Waals surface area contributed by atoms with Crippen LogP contribution in [-0.4, -0.2) is 30.5 Å². The Morgan fingerprint density at radius 1 is 1.12 bits per heavy atom. The Bertz CT molecular complexity index is 702. The Balaban J connectivity index is 1.50. The SMILES string of the molecule is C[C@H]1CCCN(Cc2ccccc2CNC(=O)COc2ccccc2)C1. The molecule has 1 heterocycles. The average Bonchev–Trinajstić information content (AvgIpc) is 2.66. The van der Waals surface area contributed by atoms with Crippen LogP contribution < -0.4 is 10.1 Å². The lowest BCUT2D eigenvalue weighted by Crippen LogP contribution is -2.34. The number of ether oxygens (including phenoxy) is 1. The third-order valence-electron chi connectivity index (χ3n) is 4.84. The molecule has 1 aliphatic heterocycles. The fourth-order valence-electron chi connectivity index (χ4n) is 3.47. The van der Waals surface area contributed by atoms with E-state index in [9.17, 15) is 4.79 Å². The summed E-state index contributed by atoms with van der Waals surface area (Å²) in [5.41, 5.74) is 2.48. The van der Waals surface area contributed by atoms with E-state index in [0.29, 0.717) is 12.3 Å². The molecule has 1 saturated heterocycles. The Labute approximate surface area is 156 Å². The highest BCUT2D eigenvalue weighted by atomic mass is 16.5. The number of nitrogens with one attached hydrogen (secondary N) is 1. The second-order valence-corrected chi connectivity index (χ2v) is 7.13. The monoisotopic (exact) mass is 352 g/mol. The standard InChI is InChI=1S/C22H28N2O2/c1-18-8-7-13-24(15-18)16-20-10-6-5-9-19(20)14-23-22(25)17-26-21-11-3-2-4-12-21/h2-6,9-12,18H,7-8,13-17H2,1H3,(H,23,25)/t18-/m0/s1. The number of piperidine rings is 1. The van der Waals surface area contributed by atoms with E-state index in [-0.39, 0.29) is 12.5 Å². The van der Waals surface area contributed by atoms with Crippen molar-refractivity contribution in [2.75, 3.05) is 19.7 Å². The smallest absolute Gasteiger partial charge is 0.258 e. The van der Waals surface area contributed by atoms with Gasteiger partial charge < -0.3 is 10.1 Å². The number of carbonyl (C=O) groups is 1. The first-order valence-electron chi connectivity index (χ1n) is 9.44. The van der Waals surface area contributed by atoms with Gasteiger partial charge in [-0.05, 0) is 48.6 Å². The topological polar surface area (TPSA) is 41.6 Å². The van der Waals surface area contributed by atoms with E-state index < -0.39 is 0 Å². The number of para-hydroxylation sites is 1. The van der Waals surface area contributed by atoms with Gasteiger partial charge in [0.1, 0.15) is 5.75 Å². The summed E-state index contributed by atoms with van der Waals surface area (Å²) >= 11 is 0. The minimum atomic E-state index is -0.102. The molecule has 0 unspecified atom stereocenters. The van der Waals surface area contributed by atoms with Gasteiger partial charge in [-0.1, -0.05) is 49.4 Å². The molecule has 1 fully saturated rings. The number of nitrogens with zero attached hydrogens (tertiary/aromatic N) is 1. The molecule has 0 aliphatic carbocycles. The molecule has 0 radical (unpaired) electrons. The van der Waals surface area contributed by atoms with Crippen molar-refractivity contribution < 1.29 is 9.53 Å². The quantitative estimate of drug-likeness (QED) is 0.828. The Morgan fingerprint density at radius 3 is 2.62 bits per heavy atom. The van der Waals surface area contributed by atoms with Crippen molar-refractivity contribution in [3.05, 3.63) is 65.7 Å². The molecule has 4 heteroatoms. The number of hydrogen-bond acceptors (Lipinski definition) is 3. The lowest BCUT2D eigenvalue weighted by atomic mass is 9.99. The summed E-state index contributed by atoms with van der Waals surface area (Å²) in [5, 5.41) is 2.97. The van der Waals surface area contributed by atoms with Crippen molar-refractivity contribution >= 4 is 5.91 Å². The number of rotatable bonds is 7. The van der Waals surface area contributed by atoms with Crippen molar-refractivity contribution in [1.29, 1.82) is 0 Å².